The van der Waals surface area contributed by atoms with Crippen molar-refractivity contribution in [1.82, 2.24) is 15.0 Å². The van der Waals surface area contributed by atoms with E-state index in [2.05, 4.69) is 24.8 Å². The Morgan fingerprint density at radius 3 is 2.55 bits per heavy atom. The van der Waals surface area contributed by atoms with Gasteiger partial charge in [0.15, 0.2) is 5.82 Å². The molecule has 3 rings (SSSR count). The smallest absolute Gasteiger partial charge is 0.242 e. The number of aromatic nitrogens is 3. The molecule has 0 radical (unpaired) electrons. The van der Waals surface area contributed by atoms with Crippen LogP contribution in [0.25, 0.3) is 0 Å². The number of nitrogens with two attached hydrogens (primary N) is 1. The molecular weight excluding hydrogens is 280 g/mol. The molecule has 2 aromatic heterocycles. The van der Waals surface area contributed by atoms with Crippen LogP contribution in [0.15, 0.2) is 30.7 Å². The third-order valence-electron chi connectivity index (χ3n) is 3.66. The second-order valence-corrected chi connectivity index (χ2v) is 5.01. The van der Waals surface area contributed by atoms with Crippen LogP contribution in [0.1, 0.15) is 6.92 Å². The van der Waals surface area contributed by atoms with E-state index in [1.807, 2.05) is 31.3 Å². The van der Waals surface area contributed by atoms with Gasteiger partial charge < -0.3 is 20.3 Å². The minimum absolute atomic E-state index is 0.458. The van der Waals surface area contributed by atoms with E-state index in [0.717, 1.165) is 37.8 Å². The van der Waals surface area contributed by atoms with Crippen molar-refractivity contribution in [2.24, 2.45) is 0 Å². The van der Waals surface area contributed by atoms with Crippen molar-refractivity contribution < 1.29 is 4.74 Å². The summed E-state index contributed by atoms with van der Waals surface area (Å²) in [7, 11) is 0. The zero-order chi connectivity index (χ0) is 15.4. The first-order valence-corrected chi connectivity index (χ1v) is 7.43. The second kappa shape index (κ2) is 6.46. The maximum Gasteiger partial charge on any atom is 0.242 e. The van der Waals surface area contributed by atoms with Gasteiger partial charge in [0, 0.05) is 32.4 Å². The Balaban J connectivity index is 1.70. The predicted molar refractivity (Wildman–Crippen MR) is 86.3 cm³/mol. The number of rotatable bonds is 4. The van der Waals surface area contributed by atoms with Crippen LogP contribution in [0.4, 0.5) is 17.3 Å². The lowest BCUT2D eigenvalue weighted by Crippen LogP contribution is -2.47. The molecule has 0 atom stereocenters. The van der Waals surface area contributed by atoms with Gasteiger partial charge in [-0.05, 0) is 19.1 Å². The van der Waals surface area contributed by atoms with Gasteiger partial charge in [-0.25, -0.2) is 9.97 Å². The molecule has 0 spiro atoms. The molecule has 0 bridgehead atoms. The highest BCUT2D eigenvalue weighted by Crippen LogP contribution is 2.28. The Labute approximate surface area is 129 Å². The van der Waals surface area contributed by atoms with Crippen LogP contribution in [0.5, 0.6) is 5.88 Å². The summed E-state index contributed by atoms with van der Waals surface area (Å²) in [6.45, 7) is 5.88. The Bertz CT molecular complexity index is 613. The molecule has 0 aromatic carbocycles. The van der Waals surface area contributed by atoms with Crippen LogP contribution >= 0.6 is 0 Å². The summed E-state index contributed by atoms with van der Waals surface area (Å²) in [6.07, 6.45) is 3.32. The van der Waals surface area contributed by atoms with Gasteiger partial charge in [0.1, 0.15) is 17.8 Å². The fourth-order valence-corrected chi connectivity index (χ4v) is 2.56. The Morgan fingerprint density at radius 2 is 1.86 bits per heavy atom. The molecule has 1 aliphatic rings. The van der Waals surface area contributed by atoms with E-state index in [-0.39, 0.29) is 0 Å². The summed E-state index contributed by atoms with van der Waals surface area (Å²) in [6, 6.07) is 5.96. The van der Waals surface area contributed by atoms with Gasteiger partial charge in [-0.1, -0.05) is 6.07 Å². The Hall–Kier alpha value is -2.57. The van der Waals surface area contributed by atoms with E-state index in [1.165, 1.54) is 6.33 Å². The van der Waals surface area contributed by atoms with E-state index in [1.54, 1.807) is 0 Å². The van der Waals surface area contributed by atoms with Crippen molar-refractivity contribution in [3.05, 3.63) is 30.7 Å². The topological polar surface area (TPSA) is 80.4 Å². The maximum atomic E-state index is 6.13. The first kappa shape index (κ1) is 14.4. The lowest BCUT2D eigenvalue weighted by Gasteiger charge is -2.36. The molecular formula is C15H20N6O. The third kappa shape index (κ3) is 2.88. The zero-order valence-electron chi connectivity index (χ0n) is 12.6. The fourth-order valence-electron chi connectivity index (χ4n) is 2.56. The number of pyridine rings is 1. The van der Waals surface area contributed by atoms with E-state index < -0.39 is 0 Å². The van der Waals surface area contributed by atoms with Gasteiger partial charge in [-0.15, -0.1) is 0 Å². The van der Waals surface area contributed by atoms with Crippen molar-refractivity contribution in [3.63, 3.8) is 0 Å². The first-order valence-electron chi connectivity index (χ1n) is 7.43. The quantitative estimate of drug-likeness (QED) is 0.908. The molecule has 0 amide bonds. The summed E-state index contributed by atoms with van der Waals surface area (Å²) in [4.78, 5) is 17.2. The van der Waals surface area contributed by atoms with Crippen molar-refractivity contribution in [2.75, 3.05) is 48.3 Å². The lowest BCUT2D eigenvalue weighted by atomic mass is 10.3. The Kier molecular flexibility index (Phi) is 4.22. The molecule has 2 N–H and O–H groups in total. The lowest BCUT2D eigenvalue weighted by molar-refractivity contribution is 0.328. The van der Waals surface area contributed by atoms with E-state index in [9.17, 15) is 0 Å². The summed E-state index contributed by atoms with van der Waals surface area (Å²) in [5, 5.41) is 0. The molecule has 0 aliphatic carbocycles. The van der Waals surface area contributed by atoms with Crippen LogP contribution in [-0.4, -0.2) is 47.7 Å². The van der Waals surface area contributed by atoms with Crippen LogP contribution in [0, 0.1) is 0 Å². The number of nitrogen functional groups attached to an aromatic ring is 1. The number of hydrogen-bond acceptors (Lipinski definition) is 7. The molecule has 22 heavy (non-hydrogen) atoms. The Morgan fingerprint density at radius 1 is 1.09 bits per heavy atom. The number of piperazine rings is 1. The van der Waals surface area contributed by atoms with Gasteiger partial charge in [-0.3, -0.25) is 0 Å². The van der Waals surface area contributed by atoms with E-state index in [0.29, 0.717) is 18.2 Å². The number of hydrogen-bond donors (Lipinski definition) is 1. The van der Waals surface area contributed by atoms with Crippen LogP contribution in [0.2, 0.25) is 0 Å². The van der Waals surface area contributed by atoms with Crippen molar-refractivity contribution in [2.45, 2.75) is 6.92 Å². The highest BCUT2D eigenvalue weighted by atomic mass is 16.5. The van der Waals surface area contributed by atoms with Crippen molar-refractivity contribution in [3.8, 4) is 5.88 Å². The van der Waals surface area contributed by atoms with E-state index in [4.69, 9.17) is 10.5 Å². The van der Waals surface area contributed by atoms with Crippen LogP contribution < -0.4 is 20.3 Å². The summed E-state index contributed by atoms with van der Waals surface area (Å²) in [5.74, 6) is 2.21. The van der Waals surface area contributed by atoms with Crippen molar-refractivity contribution >= 4 is 17.3 Å². The van der Waals surface area contributed by atoms with Gasteiger partial charge in [0.05, 0.1) is 6.61 Å². The summed E-state index contributed by atoms with van der Waals surface area (Å²) in [5.41, 5.74) is 6.64. The highest BCUT2D eigenvalue weighted by Gasteiger charge is 2.22. The van der Waals surface area contributed by atoms with Crippen LogP contribution in [-0.2, 0) is 0 Å². The number of ether oxygens (including phenoxy) is 1. The predicted octanol–water partition coefficient (Wildman–Crippen LogP) is 1.18. The van der Waals surface area contributed by atoms with Gasteiger partial charge >= 0.3 is 0 Å². The monoisotopic (exact) mass is 300 g/mol. The average molecular weight is 300 g/mol. The minimum atomic E-state index is 0.458. The first-order chi connectivity index (χ1) is 10.8. The molecule has 1 saturated heterocycles. The molecule has 116 valence electrons. The van der Waals surface area contributed by atoms with Crippen LogP contribution in [0.3, 0.4) is 0 Å². The van der Waals surface area contributed by atoms with Crippen molar-refractivity contribution in [1.29, 1.82) is 0 Å². The highest BCUT2D eigenvalue weighted by molar-refractivity contribution is 5.68. The van der Waals surface area contributed by atoms with Gasteiger partial charge in [0.25, 0.3) is 0 Å². The summed E-state index contributed by atoms with van der Waals surface area (Å²) < 4.78 is 5.44. The zero-order valence-corrected chi connectivity index (χ0v) is 12.6. The van der Waals surface area contributed by atoms with Gasteiger partial charge in [0.2, 0.25) is 5.88 Å². The molecule has 1 aliphatic heterocycles. The second-order valence-electron chi connectivity index (χ2n) is 5.01. The molecule has 7 nitrogen and oxygen atoms in total. The molecule has 0 unspecified atom stereocenters. The number of anilines is 3. The van der Waals surface area contributed by atoms with E-state index >= 15 is 0 Å². The molecule has 0 saturated carbocycles. The largest absolute Gasteiger partial charge is 0.476 e. The molecule has 1 fully saturated rings. The average Bonchev–Trinajstić information content (AvgIpc) is 2.58. The maximum absolute atomic E-state index is 6.13. The van der Waals surface area contributed by atoms with Gasteiger partial charge in [-0.2, -0.15) is 4.98 Å². The summed E-state index contributed by atoms with van der Waals surface area (Å²) >= 11 is 0. The number of nitrogens with zero attached hydrogens (tertiary/aromatic N) is 5. The molecule has 3 heterocycles. The normalized spacial score (nSPS) is 15.0. The SMILES string of the molecule is CCOc1ncnc(N2CCN(c3ccccn3)CC2)c1N. The fraction of sp³-hybridized carbons (Fsp3) is 0.400. The molecule has 7 heteroatoms. The molecule has 2 aromatic rings. The third-order valence-corrected chi connectivity index (χ3v) is 3.66. The minimum Gasteiger partial charge on any atom is -0.476 e. The standard InChI is InChI=1S/C15H20N6O/c1-2-22-15-13(16)14(18-11-19-15)21-9-7-20(8-10-21)12-5-3-4-6-17-12/h3-6,11H,2,7-10,16H2,1H3.